The van der Waals surface area contributed by atoms with Gasteiger partial charge in [0.15, 0.2) is 12.0 Å². The topological polar surface area (TPSA) is 122 Å². The van der Waals surface area contributed by atoms with Gasteiger partial charge in [-0.2, -0.15) is 10.4 Å². The van der Waals surface area contributed by atoms with Gasteiger partial charge in [0, 0.05) is 28.9 Å². The zero-order chi connectivity index (χ0) is 24.5. The molecule has 0 atom stereocenters. The number of amides is 2. The number of hydrogen-bond acceptors (Lipinski definition) is 5. The zero-order valence-electron chi connectivity index (χ0n) is 18.5. The molecule has 0 unspecified atom stereocenters. The van der Waals surface area contributed by atoms with Crippen LogP contribution in [0.3, 0.4) is 0 Å². The van der Waals surface area contributed by atoms with Crippen molar-refractivity contribution in [2.45, 2.75) is 6.42 Å². The molecule has 35 heavy (non-hydrogen) atoms. The number of hydrogen-bond donors (Lipinski definition) is 1. The predicted octanol–water partition coefficient (Wildman–Crippen LogP) is 3.53. The number of carbonyl (C=O) groups is 3. The molecule has 2 amide bonds. The Balaban J connectivity index is 1.53. The Morgan fingerprint density at radius 3 is 2.51 bits per heavy atom. The van der Waals surface area contributed by atoms with E-state index in [0.717, 1.165) is 17.4 Å². The van der Waals surface area contributed by atoms with Crippen molar-refractivity contribution in [1.82, 2.24) is 9.78 Å². The second kappa shape index (κ2) is 8.72. The molecule has 1 aliphatic heterocycles. The summed E-state index contributed by atoms with van der Waals surface area (Å²) >= 11 is 0. The molecule has 1 aliphatic rings. The molecule has 0 aliphatic carbocycles. The number of nitriles is 1. The van der Waals surface area contributed by atoms with Gasteiger partial charge < -0.3 is 10.6 Å². The highest BCUT2D eigenvalue weighted by Gasteiger charge is 2.33. The molecule has 0 bridgehead atoms. The van der Waals surface area contributed by atoms with Crippen LogP contribution >= 0.6 is 0 Å². The van der Waals surface area contributed by atoms with Gasteiger partial charge in [-0.25, -0.2) is 4.68 Å². The molecule has 0 radical (unpaired) electrons. The van der Waals surface area contributed by atoms with Crippen LogP contribution in [0.5, 0.6) is 0 Å². The van der Waals surface area contributed by atoms with Gasteiger partial charge >= 0.3 is 0 Å². The third kappa shape index (κ3) is 3.75. The maximum Gasteiger partial charge on any atom is 0.277 e. The summed E-state index contributed by atoms with van der Waals surface area (Å²) in [5.74, 6) is -0.900. The maximum absolute atomic E-state index is 13.6. The number of anilines is 1. The third-order valence-corrected chi connectivity index (χ3v) is 6.08. The summed E-state index contributed by atoms with van der Waals surface area (Å²) in [7, 11) is 0. The van der Waals surface area contributed by atoms with E-state index in [4.69, 9.17) is 5.73 Å². The lowest BCUT2D eigenvalue weighted by molar-refractivity contribution is 0.0971. The molecule has 1 aromatic heterocycles. The first-order chi connectivity index (χ1) is 17.0. The van der Waals surface area contributed by atoms with Gasteiger partial charge in [-0.1, -0.05) is 42.5 Å². The minimum atomic E-state index is -0.599. The van der Waals surface area contributed by atoms with Crippen molar-refractivity contribution >= 4 is 23.8 Å². The van der Waals surface area contributed by atoms with E-state index in [1.54, 1.807) is 35.2 Å². The second-order valence-corrected chi connectivity index (χ2v) is 8.07. The van der Waals surface area contributed by atoms with Crippen LogP contribution in [0.2, 0.25) is 0 Å². The van der Waals surface area contributed by atoms with Crippen molar-refractivity contribution in [3.05, 3.63) is 101 Å². The Bertz CT molecular complexity index is 1530. The summed E-state index contributed by atoms with van der Waals surface area (Å²) in [4.78, 5) is 38.3. The van der Waals surface area contributed by atoms with Crippen LogP contribution in [0.15, 0.2) is 72.8 Å². The zero-order valence-corrected chi connectivity index (χ0v) is 18.5. The number of nitrogens with zero attached hydrogens (tertiary/aromatic N) is 4. The third-order valence-electron chi connectivity index (χ3n) is 6.08. The van der Waals surface area contributed by atoms with E-state index in [-0.39, 0.29) is 22.9 Å². The van der Waals surface area contributed by atoms with Crippen LogP contribution in [-0.4, -0.2) is 34.4 Å². The van der Waals surface area contributed by atoms with E-state index in [9.17, 15) is 19.6 Å². The number of carbonyl (C=O) groups excluding carboxylic acids is 3. The number of benzene rings is 3. The van der Waals surface area contributed by atoms with Crippen LogP contribution in [0.1, 0.15) is 42.5 Å². The van der Waals surface area contributed by atoms with Crippen molar-refractivity contribution in [3.63, 3.8) is 0 Å². The molecule has 0 spiro atoms. The van der Waals surface area contributed by atoms with Gasteiger partial charge in [-0.05, 0) is 47.9 Å². The van der Waals surface area contributed by atoms with Gasteiger partial charge in [0.2, 0.25) is 5.91 Å². The minimum Gasteiger partial charge on any atom is -0.366 e. The average molecular weight is 461 g/mol. The highest BCUT2D eigenvalue weighted by Crippen LogP contribution is 2.31. The summed E-state index contributed by atoms with van der Waals surface area (Å²) in [5.41, 5.74) is 10.1. The highest BCUT2D eigenvalue weighted by molar-refractivity contribution is 6.08. The first-order valence-corrected chi connectivity index (χ1v) is 10.9. The van der Waals surface area contributed by atoms with Gasteiger partial charge in [-0.3, -0.25) is 14.4 Å². The van der Waals surface area contributed by atoms with Gasteiger partial charge in [0.05, 0.1) is 5.69 Å². The van der Waals surface area contributed by atoms with E-state index in [1.807, 2.05) is 42.5 Å². The highest BCUT2D eigenvalue weighted by atomic mass is 16.2. The number of aromatic nitrogens is 2. The molecule has 0 saturated carbocycles. The van der Waals surface area contributed by atoms with Gasteiger partial charge in [0.1, 0.15) is 11.8 Å². The minimum absolute atomic E-state index is 0.179. The van der Waals surface area contributed by atoms with E-state index in [0.29, 0.717) is 35.5 Å². The Morgan fingerprint density at radius 1 is 1.03 bits per heavy atom. The molecule has 3 aromatic carbocycles. The van der Waals surface area contributed by atoms with Crippen LogP contribution in [0.4, 0.5) is 5.69 Å². The van der Waals surface area contributed by atoms with Gasteiger partial charge in [-0.15, -0.1) is 0 Å². The molecular weight excluding hydrogens is 442 g/mol. The molecule has 8 heteroatoms. The first kappa shape index (κ1) is 21.8. The Labute approximate surface area is 200 Å². The largest absolute Gasteiger partial charge is 0.366 e. The molecule has 170 valence electrons. The molecule has 4 aromatic rings. The smallest absolute Gasteiger partial charge is 0.277 e. The molecule has 2 heterocycles. The summed E-state index contributed by atoms with van der Waals surface area (Å²) in [6, 6.07) is 23.3. The van der Waals surface area contributed by atoms with Crippen LogP contribution < -0.4 is 10.6 Å². The SMILES string of the molecule is N#Cc1nn(-c2cccc(C(N)=O)c2)c2c1CCN(c1ccc(-c3ccccc3C=O)cc1)C2=O. The van der Waals surface area contributed by atoms with Crippen molar-refractivity contribution in [1.29, 1.82) is 5.26 Å². The van der Waals surface area contributed by atoms with Crippen LogP contribution in [0.25, 0.3) is 16.8 Å². The van der Waals surface area contributed by atoms with Crippen molar-refractivity contribution in [2.24, 2.45) is 5.73 Å². The lowest BCUT2D eigenvalue weighted by atomic mass is 9.99. The van der Waals surface area contributed by atoms with E-state index >= 15 is 0 Å². The number of primary amides is 1. The van der Waals surface area contributed by atoms with Crippen molar-refractivity contribution in [3.8, 4) is 22.9 Å². The second-order valence-electron chi connectivity index (χ2n) is 8.07. The van der Waals surface area contributed by atoms with Gasteiger partial charge in [0.25, 0.3) is 5.91 Å². The fourth-order valence-electron chi connectivity index (χ4n) is 4.36. The Kier molecular flexibility index (Phi) is 5.43. The number of fused-ring (bicyclic) bond motifs is 1. The fourth-order valence-corrected chi connectivity index (χ4v) is 4.36. The van der Waals surface area contributed by atoms with Crippen LogP contribution in [-0.2, 0) is 6.42 Å². The van der Waals surface area contributed by atoms with E-state index < -0.39 is 5.91 Å². The molecule has 2 N–H and O–H groups in total. The molecule has 0 fully saturated rings. The quantitative estimate of drug-likeness (QED) is 0.456. The Hall–Kier alpha value is -5.03. The monoisotopic (exact) mass is 461 g/mol. The van der Waals surface area contributed by atoms with Crippen LogP contribution in [0, 0.1) is 11.3 Å². The summed E-state index contributed by atoms with van der Waals surface area (Å²) in [6.45, 7) is 0.387. The predicted molar refractivity (Wildman–Crippen MR) is 129 cm³/mol. The first-order valence-electron chi connectivity index (χ1n) is 10.9. The summed E-state index contributed by atoms with van der Waals surface area (Å²) < 4.78 is 1.41. The van der Waals surface area contributed by atoms with E-state index in [1.165, 1.54) is 4.68 Å². The van der Waals surface area contributed by atoms with E-state index in [2.05, 4.69) is 11.2 Å². The normalized spacial score (nSPS) is 12.7. The number of rotatable bonds is 5. The summed E-state index contributed by atoms with van der Waals surface area (Å²) in [6.07, 6.45) is 1.27. The number of aldehydes is 1. The average Bonchev–Trinajstić information content (AvgIpc) is 3.29. The van der Waals surface area contributed by atoms with Crippen molar-refractivity contribution < 1.29 is 14.4 Å². The number of nitrogens with two attached hydrogens (primary N) is 1. The maximum atomic E-state index is 13.6. The molecular formula is C27H19N5O3. The summed E-state index contributed by atoms with van der Waals surface area (Å²) in [5, 5.41) is 14.0. The molecule has 8 nitrogen and oxygen atoms in total. The molecule has 5 rings (SSSR count). The Morgan fingerprint density at radius 2 is 1.80 bits per heavy atom. The standard InChI is InChI=1S/C27H19N5O3/c28-15-24-23-12-13-31(20-10-8-17(9-11-20)22-7-2-1-4-19(22)16-33)27(35)25(23)32(30-24)21-6-3-5-18(14-21)26(29)34/h1-11,14,16H,12-13H2,(H2,29,34). The van der Waals surface area contributed by atoms with Crippen molar-refractivity contribution in [2.75, 3.05) is 11.4 Å². The lowest BCUT2D eigenvalue weighted by Crippen LogP contribution is -2.38. The fraction of sp³-hybridized carbons (Fsp3) is 0.0741. The molecule has 0 saturated heterocycles. The lowest BCUT2D eigenvalue weighted by Gasteiger charge is -2.27.